The molecule has 0 radical (unpaired) electrons. The van der Waals surface area contributed by atoms with Crippen LogP contribution < -0.4 is 14.8 Å². The van der Waals surface area contributed by atoms with E-state index in [0.29, 0.717) is 30.2 Å². The van der Waals surface area contributed by atoms with Gasteiger partial charge in [0.15, 0.2) is 11.5 Å². The Morgan fingerprint density at radius 2 is 2.14 bits per heavy atom. The zero-order chi connectivity index (χ0) is 20.7. The number of carbonyl (C=O) groups is 1. The van der Waals surface area contributed by atoms with Gasteiger partial charge in [0.2, 0.25) is 0 Å². The summed E-state index contributed by atoms with van der Waals surface area (Å²) < 4.78 is 16.7. The second kappa shape index (κ2) is 10.0. The molecule has 0 bridgehead atoms. The van der Waals surface area contributed by atoms with Crippen LogP contribution in [0.1, 0.15) is 36.3 Å². The Labute approximate surface area is 176 Å². The minimum Gasteiger partial charge on any atom is -0.493 e. The highest BCUT2D eigenvalue weighted by molar-refractivity contribution is 7.07. The molecule has 0 aliphatic carbocycles. The lowest BCUT2D eigenvalue weighted by Gasteiger charge is -2.43. The largest absolute Gasteiger partial charge is 0.493 e. The molecule has 1 aromatic heterocycles. The number of methoxy groups -OCH3 is 1. The quantitative estimate of drug-likeness (QED) is 0.674. The van der Waals surface area contributed by atoms with Gasteiger partial charge < -0.3 is 19.5 Å². The highest BCUT2D eigenvalue weighted by Gasteiger charge is 2.31. The van der Waals surface area contributed by atoms with E-state index in [9.17, 15) is 4.79 Å². The molecule has 158 valence electrons. The van der Waals surface area contributed by atoms with Crippen molar-refractivity contribution in [1.82, 2.24) is 15.2 Å². The van der Waals surface area contributed by atoms with E-state index in [1.54, 1.807) is 30.8 Å². The van der Waals surface area contributed by atoms with Crippen molar-refractivity contribution in [3.8, 4) is 11.5 Å². The van der Waals surface area contributed by atoms with Crippen LogP contribution in [0.5, 0.6) is 11.5 Å². The molecule has 1 N–H and O–H groups in total. The lowest BCUT2D eigenvalue weighted by Crippen LogP contribution is -2.56. The monoisotopic (exact) mass is 419 g/mol. The van der Waals surface area contributed by atoms with E-state index in [-0.39, 0.29) is 11.4 Å². The van der Waals surface area contributed by atoms with Crippen LogP contribution in [0.2, 0.25) is 0 Å². The fourth-order valence-corrected chi connectivity index (χ4v) is 3.87. The molecule has 1 amide bonds. The van der Waals surface area contributed by atoms with Gasteiger partial charge in [-0.25, -0.2) is 4.98 Å². The summed E-state index contributed by atoms with van der Waals surface area (Å²) in [4.78, 5) is 19.4. The molecular formula is C21H29N3O4S. The number of benzene rings is 1. The van der Waals surface area contributed by atoms with E-state index in [1.807, 2.05) is 5.38 Å². The van der Waals surface area contributed by atoms with E-state index >= 15 is 0 Å². The third-order valence-electron chi connectivity index (χ3n) is 5.45. The van der Waals surface area contributed by atoms with Gasteiger partial charge in [-0.3, -0.25) is 9.69 Å². The van der Waals surface area contributed by atoms with Crippen molar-refractivity contribution in [3.05, 3.63) is 40.3 Å². The van der Waals surface area contributed by atoms with E-state index in [4.69, 9.17) is 14.2 Å². The highest BCUT2D eigenvalue weighted by Crippen LogP contribution is 2.29. The zero-order valence-corrected chi connectivity index (χ0v) is 18.1. The van der Waals surface area contributed by atoms with E-state index in [2.05, 4.69) is 29.0 Å². The molecule has 2 aromatic rings. The fourth-order valence-electron chi connectivity index (χ4n) is 3.32. The molecule has 1 aromatic carbocycles. The summed E-state index contributed by atoms with van der Waals surface area (Å²) in [6, 6.07) is 5.23. The number of hydrogen-bond donors (Lipinski definition) is 1. The first-order valence-electron chi connectivity index (χ1n) is 9.84. The number of morpholine rings is 1. The summed E-state index contributed by atoms with van der Waals surface area (Å²) in [6.45, 7) is 8.53. The summed E-state index contributed by atoms with van der Waals surface area (Å²) in [7, 11) is 1.57. The molecule has 1 saturated heterocycles. The van der Waals surface area contributed by atoms with Gasteiger partial charge in [0.1, 0.15) is 6.61 Å². The lowest BCUT2D eigenvalue weighted by molar-refractivity contribution is -0.0169. The van der Waals surface area contributed by atoms with Gasteiger partial charge in [-0.05, 0) is 31.5 Å². The summed E-state index contributed by atoms with van der Waals surface area (Å²) in [6.07, 6.45) is 0.944. The Kier molecular flexibility index (Phi) is 7.46. The average Bonchev–Trinajstić information content (AvgIpc) is 3.30. The van der Waals surface area contributed by atoms with Crippen molar-refractivity contribution in [2.24, 2.45) is 0 Å². The Morgan fingerprint density at radius 1 is 1.34 bits per heavy atom. The maximum Gasteiger partial charge on any atom is 0.251 e. The van der Waals surface area contributed by atoms with Gasteiger partial charge >= 0.3 is 0 Å². The average molecular weight is 420 g/mol. The predicted octanol–water partition coefficient (Wildman–Crippen LogP) is 2.96. The summed E-state index contributed by atoms with van der Waals surface area (Å²) in [5.41, 5.74) is 3.08. The smallest absolute Gasteiger partial charge is 0.251 e. The molecule has 8 heteroatoms. The Hall–Kier alpha value is -2.16. The molecule has 0 spiro atoms. The second-order valence-electron chi connectivity index (χ2n) is 7.27. The van der Waals surface area contributed by atoms with Crippen LogP contribution in [0.4, 0.5) is 0 Å². The molecule has 1 aliphatic heterocycles. The van der Waals surface area contributed by atoms with Crippen LogP contribution in [-0.2, 0) is 11.3 Å². The molecule has 1 aliphatic rings. The van der Waals surface area contributed by atoms with Crippen molar-refractivity contribution in [2.75, 3.05) is 40.0 Å². The van der Waals surface area contributed by atoms with Crippen LogP contribution >= 0.6 is 11.3 Å². The Balaban J connectivity index is 1.62. The Bertz CT molecular complexity index is 793. The molecule has 1 atom stereocenters. The van der Waals surface area contributed by atoms with Crippen LogP contribution in [0.15, 0.2) is 29.1 Å². The molecule has 2 heterocycles. The number of ether oxygens (including phenoxy) is 3. The molecular weight excluding hydrogens is 390 g/mol. The molecule has 0 saturated carbocycles. The maximum absolute atomic E-state index is 12.8. The minimum absolute atomic E-state index is 0.0971. The van der Waals surface area contributed by atoms with E-state index in [0.717, 1.165) is 38.4 Å². The zero-order valence-electron chi connectivity index (χ0n) is 17.3. The normalized spacial score (nSPS) is 16.8. The lowest BCUT2D eigenvalue weighted by atomic mass is 9.95. The third kappa shape index (κ3) is 5.46. The summed E-state index contributed by atoms with van der Waals surface area (Å²) in [5.74, 6) is 0.991. The van der Waals surface area contributed by atoms with Gasteiger partial charge in [0.05, 0.1) is 31.5 Å². The van der Waals surface area contributed by atoms with E-state index in [1.165, 1.54) is 11.3 Å². The van der Waals surface area contributed by atoms with Crippen LogP contribution in [0.3, 0.4) is 0 Å². The first-order chi connectivity index (χ1) is 14.1. The van der Waals surface area contributed by atoms with Crippen molar-refractivity contribution in [3.63, 3.8) is 0 Å². The van der Waals surface area contributed by atoms with Gasteiger partial charge in [-0.1, -0.05) is 6.92 Å². The van der Waals surface area contributed by atoms with Crippen molar-refractivity contribution in [2.45, 2.75) is 32.4 Å². The van der Waals surface area contributed by atoms with Crippen molar-refractivity contribution >= 4 is 17.2 Å². The number of amides is 1. The molecule has 1 unspecified atom stereocenters. The minimum atomic E-state index is -0.123. The number of carbonyl (C=O) groups excluding carboxylic acids is 1. The first-order valence-corrected chi connectivity index (χ1v) is 10.8. The topological polar surface area (TPSA) is 72.9 Å². The standard InChI is InChI=1S/C21H29N3O4S/c1-4-21(2,24-7-9-27-10-8-24)14-22-20(25)16-5-6-18(19(11-16)26-3)28-12-17-13-29-15-23-17/h5-6,11,13,15H,4,7-10,12,14H2,1-3H3,(H,22,25). The predicted molar refractivity (Wildman–Crippen MR) is 113 cm³/mol. The number of hydrogen-bond acceptors (Lipinski definition) is 7. The van der Waals surface area contributed by atoms with Crippen molar-refractivity contribution in [1.29, 1.82) is 0 Å². The van der Waals surface area contributed by atoms with Crippen LogP contribution in [0.25, 0.3) is 0 Å². The highest BCUT2D eigenvalue weighted by atomic mass is 32.1. The van der Waals surface area contributed by atoms with Crippen LogP contribution in [0, 0.1) is 0 Å². The summed E-state index contributed by atoms with van der Waals surface area (Å²) in [5, 5.41) is 5.02. The van der Waals surface area contributed by atoms with Crippen molar-refractivity contribution < 1.29 is 19.0 Å². The molecule has 1 fully saturated rings. The number of rotatable bonds is 9. The van der Waals surface area contributed by atoms with E-state index < -0.39 is 0 Å². The van der Waals surface area contributed by atoms with Gasteiger partial charge in [-0.2, -0.15) is 0 Å². The maximum atomic E-state index is 12.8. The fraction of sp³-hybridized carbons (Fsp3) is 0.524. The summed E-state index contributed by atoms with van der Waals surface area (Å²) >= 11 is 1.52. The number of nitrogens with one attached hydrogen (secondary N) is 1. The number of aromatic nitrogens is 1. The Morgan fingerprint density at radius 3 is 2.79 bits per heavy atom. The molecule has 29 heavy (non-hydrogen) atoms. The molecule has 7 nitrogen and oxygen atoms in total. The van der Waals surface area contributed by atoms with Crippen LogP contribution in [-0.4, -0.2) is 61.3 Å². The van der Waals surface area contributed by atoms with Gasteiger partial charge in [-0.15, -0.1) is 11.3 Å². The SMILES string of the molecule is CCC(C)(CNC(=O)c1ccc(OCc2cscn2)c(OC)c1)N1CCOCC1. The third-order valence-corrected chi connectivity index (χ3v) is 6.09. The second-order valence-corrected chi connectivity index (χ2v) is 7.99. The van der Waals surface area contributed by atoms with Gasteiger partial charge in [0.25, 0.3) is 5.91 Å². The molecule has 3 rings (SSSR count). The first kappa shape index (κ1) is 21.5. The number of thiazole rings is 1. The number of nitrogens with zero attached hydrogens (tertiary/aromatic N) is 2. The van der Waals surface area contributed by atoms with Gasteiger partial charge in [0, 0.05) is 36.1 Å².